The molecule has 2 rings (SSSR count). The summed E-state index contributed by atoms with van der Waals surface area (Å²) in [6, 6.07) is 6.94. The van der Waals surface area contributed by atoms with Crippen molar-refractivity contribution in [2.75, 3.05) is 0 Å². The van der Waals surface area contributed by atoms with Crippen LogP contribution in [0.15, 0.2) is 46.0 Å². The maximum absolute atomic E-state index is 11.5. The van der Waals surface area contributed by atoms with Crippen LogP contribution in [-0.2, 0) is 7.05 Å². The molecule has 2 aromatic rings. The standard InChI is InChI=1S/C9H8N2O2.C4H8.2C2H6/c1-11-8(12)6-4-2-3-5-7(6)10-9(11)13;1-3-4-2;2*1-2/h2-5H,1H3,(H,10,13);3-4H,1-2H3;2*1-2H3/b;4-3-;;. The Hall–Kier alpha value is -2.10. The maximum Gasteiger partial charge on any atom is 0.328 e. The second kappa shape index (κ2) is 12.9. The number of fused-ring (bicyclic) bond motifs is 1. The molecule has 1 N–H and O–H groups in total. The number of hydrogen-bond acceptors (Lipinski definition) is 2. The first kappa shape index (κ1) is 21.2. The molecule has 0 aliphatic rings. The van der Waals surface area contributed by atoms with Crippen LogP contribution in [0, 0.1) is 0 Å². The molecular weight excluding hydrogens is 264 g/mol. The van der Waals surface area contributed by atoms with Crippen molar-refractivity contribution in [3.8, 4) is 0 Å². The number of allylic oxidation sites excluding steroid dienone is 2. The zero-order valence-electron chi connectivity index (χ0n) is 14.2. The summed E-state index contributed by atoms with van der Waals surface area (Å²) in [7, 11) is 1.45. The fraction of sp³-hybridized carbons (Fsp3) is 0.412. The van der Waals surface area contributed by atoms with Gasteiger partial charge in [0.05, 0.1) is 10.9 Å². The predicted molar refractivity (Wildman–Crippen MR) is 93.0 cm³/mol. The van der Waals surface area contributed by atoms with Crippen LogP contribution in [0.3, 0.4) is 0 Å². The van der Waals surface area contributed by atoms with Crippen molar-refractivity contribution in [2.24, 2.45) is 7.05 Å². The molecule has 0 aliphatic heterocycles. The summed E-state index contributed by atoms with van der Waals surface area (Å²) < 4.78 is 1.06. The Bertz CT molecular complexity index is 633. The van der Waals surface area contributed by atoms with Crippen LogP contribution >= 0.6 is 0 Å². The van der Waals surface area contributed by atoms with Gasteiger partial charge in [0.1, 0.15) is 0 Å². The summed E-state index contributed by atoms with van der Waals surface area (Å²) in [4.78, 5) is 25.3. The van der Waals surface area contributed by atoms with E-state index in [9.17, 15) is 9.59 Å². The SMILES string of the molecule is C/C=C\C.CC.CC.Cn1c(=O)[nH]c2ccccc2c1=O. The van der Waals surface area contributed by atoms with Crippen molar-refractivity contribution >= 4 is 10.9 Å². The zero-order chi connectivity index (χ0) is 16.8. The molecule has 0 saturated heterocycles. The molecule has 0 amide bonds. The highest BCUT2D eigenvalue weighted by atomic mass is 16.2. The van der Waals surface area contributed by atoms with Gasteiger partial charge in [0.15, 0.2) is 0 Å². The number of nitrogens with one attached hydrogen (secondary N) is 1. The molecule has 4 nitrogen and oxygen atoms in total. The first-order valence-corrected chi connectivity index (χ1v) is 7.37. The van der Waals surface area contributed by atoms with E-state index in [2.05, 4.69) is 4.98 Å². The summed E-state index contributed by atoms with van der Waals surface area (Å²) in [5, 5.41) is 0.532. The van der Waals surface area contributed by atoms with Gasteiger partial charge in [0, 0.05) is 7.05 Å². The lowest BCUT2D eigenvalue weighted by Crippen LogP contribution is -2.32. The summed E-state index contributed by atoms with van der Waals surface area (Å²) >= 11 is 0. The van der Waals surface area contributed by atoms with E-state index in [1.165, 1.54) is 7.05 Å². The van der Waals surface area contributed by atoms with E-state index in [4.69, 9.17) is 0 Å². The molecule has 4 heteroatoms. The van der Waals surface area contributed by atoms with Gasteiger partial charge in [-0.2, -0.15) is 0 Å². The molecule has 1 aromatic heterocycles. The summed E-state index contributed by atoms with van der Waals surface area (Å²) in [5.74, 6) is 0. The first-order valence-electron chi connectivity index (χ1n) is 7.37. The molecule has 1 heterocycles. The van der Waals surface area contributed by atoms with Gasteiger partial charge < -0.3 is 4.98 Å². The molecule has 0 atom stereocenters. The van der Waals surface area contributed by atoms with Gasteiger partial charge in [0.25, 0.3) is 5.56 Å². The topological polar surface area (TPSA) is 54.9 Å². The predicted octanol–water partition coefficient (Wildman–Crippen LogP) is 3.86. The van der Waals surface area contributed by atoms with Gasteiger partial charge in [0.2, 0.25) is 0 Å². The normalized spacial score (nSPS) is 8.90. The molecule has 21 heavy (non-hydrogen) atoms. The van der Waals surface area contributed by atoms with Crippen molar-refractivity contribution < 1.29 is 0 Å². The van der Waals surface area contributed by atoms with E-state index < -0.39 is 0 Å². The summed E-state index contributed by atoms with van der Waals surface area (Å²) in [5.41, 5.74) is -0.0707. The van der Waals surface area contributed by atoms with Crippen LogP contribution in [0.4, 0.5) is 0 Å². The monoisotopic (exact) mass is 292 g/mol. The maximum atomic E-state index is 11.5. The minimum atomic E-state index is -0.385. The number of H-pyrrole nitrogens is 1. The average molecular weight is 292 g/mol. The highest BCUT2D eigenvalue weighted by Gasteiger charge is 2.01. The first-order chi connectivity index (χ1) is 10.1. The minimum absolute atomic E-state index is 0.264. The van der Waals surface area contributed by atoms with E-state index in [1.54, 1.807) is 24.3 Å². The number of nitrogens with zero attached hydrogens (tertiary/aromatic N) is 1. The quantitative estimate of drug-likeness (QED) is 0.750. The van der Waals surface area contributed by atoms with E-state index in [-0.39, 0.29) is 11.2 Å². The average Bonchev–Trinajstić information content (AvgIpc) is 2.57. The largest absolute Gasteiger partial charge is 0.328 e. The lowest BCUT2D eigenvalue weighted by Gasteiger charge is -1.98. The van der Waals surface area contributed by atoms with Crippen LogP contribution < -0.4 is 11.2 Å². The molecule has 1 aromatic carbocycles. The van der Waals surface area contributed by atoms with E-state index in [1.807, 2.05) is 53.7 Å². The molecule has 0 unspecified atom stereocenters. The molecule has 0 spiro atoms. The Morgan fingerprint density at radius 3 is 1.90 bits per heavy atom. The second-order valence-corrected chi connectivity index (χ2v) is 3.51. The number of hydrogen-bond donors (Lipinski definition) is 1. The zero-order valence-corrected chi connectivity index (χ0v) is 14.2. The smallest absolute Gasteiger partial charge is 0.307 e. The number of rotatable bonds is 0. The van der Waals surface area contributed by atoms with Crippen LogP contribution in [0.1, 0.15) is 41.5 Å². The summed E-state index contributed by atoms with van der Waals surface area (Å²) in [6.45, 7) is 12.0. The number of benzene rings is 1. The van der Waals surface area contributed by atoms with Gasteiger partial charge in [-0.1, -0.05) is 52.0 Å². The molecular formula is C17H28N2O2. The van der Waals surface area contributed by atoms with Gasteiger partial charge in [-0.05, 0) is 26.0 Å². The molecule has 0 saturated carbocycles. The molecule has 0 bridgehead atoms. The van der Waals surface area contributed by atoms with Crippen LogP contribution in [0.2, 0.25) is 0 Å². The third-order valence-electron chi connectivity index (χ3n) is 2.34. The molecule has 0 radical (unpaired) electrons. The third-order valence-corrected chi connectivity index (χ3v) is 2.34. The molecule has 118 valence electrons. The fourth-order valence-corrected chi connectivity index (χ4v) is 1.25. The van der Waals surface area contributed by atoms with E-state index in [0.29, 0.717) is 10.9 Å². The van der Waals surface area contributed by atoms with E-state index in [0.717, 1.165) is 4.57 Å². The molecule has 0 aliphatic carbocycles. The Labute approximate surface area is 127 Å². The highest BCUT2D eigenvalue weighted by Crippen LogP contribution is 2.01. The Morgan fingerprint density at radius 1 is 0.952 bits per heavy atom. The lowest BCUT2D eigenvalue weighted by molar-refractivity contribution is 0.794. The van der Waals surface area contributed by atoms with Crippen molar-refractivity contribution in [1.29, 1.82) is 0 Å². The Morgan fingerprint density at radius 2 is 1.43 bits per heavy atom. The third kappa shape index (κ3) is 6.75. The van der Waals surface area contributed by atoms with Gasteiger partial charge in [-0.15, -0.1) is 0 Å². The summed E-state index contributed by atoms with van der Waals surface area (Å²) in [6.07, 6.45) is 4.00. The Balaban J connectivity index is 0. The lowest BCUT2D eigenvalue weighted by atomic mass is 10.2. The van der Waals surface area contributed by atoms with E-state index >= 15 is 0 Å². The van der Waals surface area contributed by atoms with Crippen molar-refractivity contribution in [2.45, 2.75) is 41.5 Å². The fourth-order valence-electron chi connectivity index (χ4n) is 1.25. The molecule has 0 fully saturated rings. The Kier molecular flexibility index (Phi) is 13.0. The number of para-hydroxylation sites is 1. The van der Waals surface area contributed by atoms with Gasteiger partial charge >= 0.3 is 5.69 Å². The van der Waals surface area contributed by atoms with Crippen molar-refractivity contribution in [3.63, 3.8) is 0 Å². The highest BCUT2D eigenvalue weighted by molar-refractivity contribution is 5.76. The van der Waals surface area contributed by atoms with Crippen LogP contribution in [0.5, 0.6) is 0 Å². The second-order valence-electron chi connectivity index (χ2n) is 3.51. The van der Waals surface area contributed by atoms with Gasteiger partial charge in [-0.25, -0.2) is 4.79 Å². The van der Waals surface area contributed by atoms with Crippen molar-refractivity contribution in [1.82, 2.24) is 9.55 Å². The van der Waals surface area contributed by atoms with Crippen LogP contribution in [-0.4, -0.2) is 9.55 Å². The van der Waals surface area contributed by atoms with Gasteiger partial charge in [-0.3, -0.25) is 9.36 Å². The minimum Gasteiger partial charge on any atom is -0.307 e. The number of aromatic nitrogens is 2. The van der Waals surface area contributed by atoms with Crippen LogP contribution in [0.25, 0.3) is 10.9 Å². The van der Waals surface area contributed by atoms with Crippen molar-refractivity contribution in [3.05, 3.63) is 57.3 Å². The number of aromatic amines is 1.